The van der Waals surface area contributed by atoms with Crippen LogP contribution in [0.15, 0.2) is 48.7 Å². The smallest absolute Gasteiger partial charge is 0.289 e. The van der Waals surface area contributed by atoms with Gasteiger partial charge in [0.1, 0.15) is 6.54 Å². The number of nitrogens with zero attached hydrogens (tertiary/aromatic N) is 1. The van der Waals surface area contributed by atoms with E-state index in [1.165, 1.54) is 6.20 Å². The Kier molecular flexibility index (Phi) is 4.44. The Labute approximate surface area is 159 Å². The van der Waals surface area contributed by atoms with Crippen molar-refractivity contribution in [1.82, 2.24) is 9.88 Å². The Balaban J connectivity index is 1.49. The molecule has 0 bridgehead atoms. The van der Waals surface area contributed by atoms with Gasteiger partial charge in [-0.2, -0.15) is 0 Å². The fourth-order valence-electron chi connectivity index (χ4n) is 3.15. The maximum absolute atomic E-state index is 12.4. The molecule has 1 aliphatic rings. The Bertz CT molecular complexity index is 1100. The number of ether oxygens (including phenoxy) is 2. The van der Waals surface area contributed by atoms with Crippen LogP contribution < -0.4 is 20.5 Å². The second kappa shape index (κ2) is 7.07. The van der Waals surface area contributed by atoms with Crippen LogP contribution >= 0.6 is 0 Å². The molecule has 8 heteroatoms. The number of amides is 2. The molecule has 2 heterocycles. The van der Waals surface area contributed by atoms with E-state index in [9.17, 15) is 14.4 Å². The number of carbonyl (C=O) groups excluding carboxylic acids is 3. The highest BCUT2D eigenvalue weighted by molar-refractivity contribution is 6.44. The monoisotopic (exact) mass is 379 g/mol. The highest BCUT2D eigenvalue weighted by Crippen LogP contribution is 2.32. The van der Waals surface area contributed by atoms with Crippen LogP contribution in [0.1, 0.15) is 15.9 Å². The van der Waals surface area contributed by atoms with E-state index in [0.717, 1.165) is 5.56 Å². The molecule has 2 aromatic carbocycles. The van der Waals surface area contributed by atoms with Crippen LogP contribution in [0.4, 0.5) is 0 Å². The van der Waals surface area contributed by atoms with Crippen LogP contribution in [-0.2, 0) is 22.7 Å². The summed E-state index contributed by atoms with van der Waals surface area (Å²) in [5.41, 5.74) is 6.86. The predicted molar refractivity (Wildman–Crippen MR) is 99.9 cm³/mol. The van der Waals surface area contributed by atoms with E-state index in [1.54, 1.807) is 34.9 Å². The van der Waals surface area contributed by atoms with Crippen LogP contribution in [0.2, 0.25) is 0 Å². The first-order valence-electron chi connectivity index (χ1n) is 8.60. The van der Waals surface area contributed by atoms with Crippen LogP contribution in [-0.4, -0.2) is 29.0 Å². The number of carbonyl (C=O) groups is 3. The Morgan fingerprint density at radius 1 is 1.07 bits per heavy atom. The van der Waals surface area contributed by atoms with Crippen LogP contribution in [0.25, 0.3) is 10.9 Å². The first-order chi connectivity index (χ1) is 13.5. The molecular weight excluding hydrogens is 362 g/mol. The van der Waals surface area contributed by atoms with Gasteiger partial charge in [-0.05, 0) is 23.8 Å². The van der Waals surface area contributed by atoms with Crippen molar-refractivity contribution in [3.63, 3.8) is 0 Å². The van der Waals surface area contributed by atoms with E-state index in [0.29, 0.717) is 28.9 Å². The minimum atomic E-state index is -1.03. The van der Waals surface area contributed by atoms with Gasteiger partial charge in [0.25, 0.3) is 11.7 Å². The molecule has 3 N–H and O–H groups in total. The lowest BCUT2D eigenvalue weighted by atomic mass is 10.1. The number of para-hydroxylation sites is 1. The van der Waals surface area contributed by atoms with Gasteiger partial charge in [0.2, 0.25) is 12.7 Å². The largest absolute Gasteiger partial charge is 0.454 e. The maximum Gasteiger partial charge on any atom is 0.289 e. The standard InChI is InChI=1S/C20H17N3O5/c21-20(26)19(25)14-9-23(15-4-2-1-3-13(14)15)10-18(24)22-8-12-5-6-16-17(7-12)28-11-27-16/h1-7,9H,8,10-11H2,(H2,21,26)(H,22,24). The second-order valence-electron chi connectivity index (χ2n) is 6.35. The molecule has 0 saturated heterocycles. The third kappa shape index (κ3) is 3.27. The van der Waals surface area contributed by atoms with E-state index < -0.39 is 11.7 Å². The zero-order chi connectivity index (χ0) is 19.7. The number of benzene rings is 2. The zero-order valence-corrected chi connectivity index (χ0v) is 14.8. The van der Waals surface area contributed by atoms with Gasteiger partial charge in [0.15, 0.2) is 11.5 Å². The van der Waals surface area contributed by atoms with Gasteiger partial charge < -0.3 is 25.1 Å². The lowest BCUT2D eigenvalue weighted by molar-refractivity contribution is -0.121. The summed E-state index contributed by atoms with van der Waals surface area (Å²) in [5.74, 6) is -0.722. The molecule has 1 aliphatic heterocycles. The molecular formula is C20H17N3O5. The number of Topliss-reactive ketones (excluding diaryl/α,β-unsaturated/α-hetero) is 1. The topological polar surface area (TPSA) is 113 Å². The van der Waals surface area contributed by atoms with Gasteiger partial charge >= 0.3 is 0 Å². The highest BCUT2D eigenvalue weighted by atomic mass is 16.7. The molecule has 142 valence electrons. The summed E-state index contributed by atoms with van der Waals surface area (Å²) in [5, 5.41) is 3.41. The number of hydrogen-bond acceptors (Lipinski definition) is 5. The van der Waals surface area contributed by atoms with Gasteiger partial charge in [-0.3, -0.25) is 14.4 Å². The highest BCUT2D eigenvalue weighted by Gasteiger charge is 2.20. The van der Waals surface area contributed by atoms with Crippen molar-refractivity contribution in [2.45, 2.75) is 13.1 Å². The van der Waals surface area contributed by atoms with Crippen molar-refractivity contribution in [2.75, 3.05) is 6.79 Å². The van der Waals surface area contributed by atoms with E-state index in [2.05, 4.69) is 5.32 Å². The summed E-state index contributed by atoms with van der Waals surface area (Å²) in [6.45, 7) is 0.511. The number of nitrogens with one attached hydrogen (secondary N) is 1. The molecule has 1 aromatic heterocycles. The summed E-state index contributed by atoms with van der Waals surface area (Å²) in [6, 6.07) is 12.5. The number of fused-ring (bicyclic) bond motifs is 2. The predicted octanol–water partition coefficient (Wildman–Crippen LogP) is 1.35. The van der Waals surface area contributed by atoms with Gasteiger partial charge in [-0.25, -0.2) is 0 Å². The molecule has 2 amide bonds. The Morgan fingerprint density at radius 3 is 2.68 bits per heavy atom. The van der Waals surface area contributed by atoms with Crippen LogP contribution in [0, 0.1) is 0 Å². The SMILES string of the molecule is NC(=O)C(=O)c1cn(CC(=O)NCc2ccc3c(c2)OCO3)c2ccccc12. The first-order valence-corrected chi connectivity index (χ1v) is 8.60. The van der Waals surface area contributed by atoms with E-state index in [1.807, 2.05) is 12.1 Å². The van der Waals surface area contributed by atoms with E-state index in [-0.39, 0.29) is 24.8 Å². The molecule has 0 radical (unpaired) electrons. The second-order valence-corrected chi connectivity index (χ2v) is 6.35. The quantitative estimate of drug-likeness (QED) is 0.496. The third-order valence-electron chi connectivity index (χ3n) is 4.50. The Hall–Kier alpha value is -3.81. The van der Waals surface area contributed by atoms with E-state index >= 15 is 0 Å². The van der Waals surface area contributed by atoms with Crippen molar-refractivity contribution >= 4 is 28.5 Å². The van der Waals surface area contributed by atoms with Gasteiger partial charge in [-0.1, -0.05) is 24.3 Å². The summed E-state index contributed by atoms with van der Waals surface area (Å²) in [7, 11) is 0. The normalized spacial score (nSPS) is 12.1. The lowest BCUT2D eigenvalue weighted by Crippen LogP contribution is -2.27. The number of nitrogens with two attached hydrogens (primary N) is 1. The van der Waals surface area contributed by atoms with Crippen molar-refractivity contribution in [3.05, 3.63) is 59.8 Å². The summed E-state index contributed by atoms with van der Waals surface area (Å²) < 4.78 is 12.2. The summed E-state index contributed by atoms with van der Waals surface area (Å²) in [4.78, 5) is 35.7. The number of primary amides is 1. The molecule has 8 nitrogen and oxygen atoms in total. The molecule has 0 fully saturated rings. The van der Waals surface area contributed by atoms with Crippen molar-refractivity contribution < 1.29 is 23.9 Å². The van der Waals surface area contributed by atoms with Crippen molar-refractivity contribution in [1.29, 1.82) is 0 Å². The summed E-state index contributed by atoms with van der Waals surface area (Å²) >= 11 is 0. The average Bonchev–Trinajstić information content (AvgIpc) is 3.30. The molecule has 0 spiro atoms. The molecule has 0 aliphatic carbocycles. The van der Waals surface area contributed by atoms with Crippen LogP contribution in [0.5, 0.6) is 11.5 Å². The maximum atomic E-state index is 12.4. The number of aromatic nitrogens is 1. The minimum absolute atomic E-state index is 0.00287. The molecule has 28 heavy (non-hydrogen) atoms. The number of ketones is 1. The average molecular weight is 379 g/mol. The molecule has 0 atom stereocenters. The molecule has 3 aromatic rings. The molecule has 0 saturated carbocycles. The van der Waals surface area contributed by atoms with Crippen molar-refractivity contribution in [2.24, 2.45) is 5.73 Å². The lowest BCUT2D eigenvalue weighted by Gasteiger charge is -2.08. The van der Waals surface area contributed by atoms with Crippen molar-refractivity contribution in [3.8, 4) is 11.5 Å². The van der Waals surface area contributed by atoms with Crippen LogP contribution in [0.3, 0.4) is 0 Å². The minimum Gasteiger partial charge on any atom is -0.454 e. The zero-order valence-electron chi connectivity index (χ0n) is 14.8. The van der Waals surface area contributed by atoms with Gasteiger partial charge in [-0.15, -0.1) is 0 Å². The Morgan fingerprint density at radius 2 is 1.86 bits per heavy atom. The van der Waals surface area contributed by atoms with Gasteiger partial charge in [0.05, 0.1) is 5.56 Å². The number of rotatable bonds is 6. The van der Waals surface area contributed by atoms with E-state index in [4.69, 9.17) is 15.2 Å². The third-order valence-corrected chi connectivity index (χ3v) is 4.50. The molecule has 0 unspecified atom stereocenters. The fourth-order valence-corrected chi connectivity index (χ4v) is 3.15. The molecule has 4 rings (SSSR count). The first kappa shape index (κ1) is 17.6. The summed E-state index contributed by atoms with van der Waals surface area (Å²) in [6.07, 6.45) is 1.48. The van der Waals surface area contributed by atoms with Gasteiger partial charge in [0, 0.05) is 23.6 Å². The fraction of sp³-hybridized carbons (Fsp3) is 0.150. The number of hydrogen-bond donors (Lipinski definition) is 2.